The Morgan fingerprint density at radius 3 is 2.68 bits per heavy atom. The molecular weight excluding hydrogens is 400 g/mol. The number of hydrazone groups is 1. The zero-order valence-electron chi connectivity index (χ0n) is 14.4. The number of nitrogens with zero attached hydrogens (tertiary/aromatic N) is 4. The molecule has 8 nitrogen and oxygen atoms in total. The van der Waals surface area contributed by atoms with E-state index in [4.69, 9.17) is 0 Å². The summed E-state index contributed by atoms with van der Waals surface area (Å²) >= 11 is 3.08. The van der Waals surface area contributed by atoms with Crippen LogP contribution in [0.2, 0.25) is 0 Å². The molecule has 1 amide bonds. The number of aromatic nitrogens is 1. The first kappa shape index (κ1) is 18.3. The molecule has 142 valence electrons. The molecule has 0 bridgehead atoms. The van der Waals surface area contributed by atoms with Gasteiger partial charge >= 0.3 is 0 Å². The number of thiophene rings is 2. The van der Waals surface area contributed by atoms with Gasteiger partial charge in [0, 0.05) is 23.4 Å². The summed E-state index contributed by atoms with van der Waals surface area (Å²) in [6.45, 7) is -0.316. The van der Waals surface area contributed by atoms with Crippen LogP contribution in [0.25, 0.3) is 0 Å². The van der Waals surface area contributed by atoms with Gasteiger partial charge in [-0.1, -0.05) is 12.1 Å². The topological polar surface area (TPSA) is 97.8 Å². The first-order valence-electron chi connectivity index (χ1n) is 8.34. The number of carbonyl (C=O) groups is 1. The van der Waals surface area contributed by atoms with Crippen LogP contribution in [0.1, 0.15) is 22.2 Å². The van der Waals surface area contributed by atoms with Crippen LogP contribution in [-0.2, 0) is 11.3 Å². The molecule has 0 N–H and O–H groups in total. The van der Waals surface area contributed by atoms with Crippen LogP contribution >= 0.6 is 22.7 Å². The second kappa shape index (κ2) is 7.49. The lowest BCUT2D eigenvalue weighted by atomic mass is 10.1. The van der Waals surface area contributed by atoms with Crippen molar-refractivity contribution in [3.05, 3.63) is 83.6 Å². The largest absolute Gasteiger partial charge is 0.299 e. The molecule has 28 heavy (non-hydrogen) atoms. The van der Waals surface area contributed by atoms with E-state index in [9.17, 15) is 19.7 Å². The van der Waals surface area contributed by atoms with Gasteiger partial charge in [-0.15, -0.1) is 22.7 Å². The Hall–Kier alpha value is -3.11. The number of carbonyl (C=O) groups excluding carboxylic acids is 1. The zero-order valence-corrected chi connectivity index (χ0v) is 16.1. The van der Waals surface area contributed by atoms with Crippen molar-refractivity contribution < 1.29 is 9.72 Å². The standard InChI is InChI=1S/C18H14N4O4S2/c23-17-6-5-12(22(25)26)10-20(17)11-18(24)21-14(16-4-2-8-28-16)9-13(19-21)15-3-1-7-27-15/h1-8,10,14H,9,11H2. The van der Waals surface area contributed by atoms with Gasteiger partial charge in [0.1, 0.15) is 6.54 Å². The van der Waals surface area contributed by atoms with Gasteiger partial charge in [0.15, 0.2) is 0 Å². The molecule has 3 aromatic heterocycles. The average molecular weight is 414 g/mol. The Balaban J connectivity index is 1.65. The third-order valence-electron chi connectivity index (χ3n) is 4.33. The summed E-state index contributed by atoms with van der Waals surface area (Å²) in [4.78, 5) is 37.4. The predicted molar refractivity (Wildman–Crippen MR) is 107 cm³/mol. The number of nitro groups is 1. The summed E-state index contributed by atoms with van der Waals surface area (Å²) in [5.41, 5.74) is 0.0906. The average Bonchev–Trinajstić information content (AvgIpc) is 3.42. The van der Waals surface area contributed by atoms with E-state index in [1.165, 1.54) is 16.3 Å². The van der Waals surface area contributed by atoms with Crippen LogP contribution in [0.15, 0.2) is 63.3 Å². The molecule has 0 fully saturated rings. The summed E-state index contributed by atoms with van der Waals surface area (Å²) < 4.78 is 1.05. The predicted octanol–water partition coefficient (Wildman–Crippen LogP) is 3.26. The Bertz CT molecular complexity index is 1100. The first-order chi connectivity index (χ1) is 13.5. The molecule has 0 radical (unpaired) electrons. The van der Waals surface area contributed by atoms with Crippen molar-refractivity contribution in [3.8, 4) is 0 Å². The molecule has 1 atom stereocenters. The highest BCUT2D eigenvalue weighted by Crippen LogP contribution is 2.36. The van der Waals surface area contributed by atoms with Crippen molar-refractivity contribution in [2.45, 2.75) is 19.0 Å². The molecule has 0 aromatic carbocycles. The summed E-state index contributed by atoms with van der Waals surface area (Å²) in [6, 6.07) is 9.70. The van der Waals surface area contributed by atoms with Crippen molar-refractivity contribution in [3.63, 3.8) is 0 Å². The van der Waals surface area contributed by atoms with Crippen molar-refractivity contribution >= 4 is 40.0 Å². The van der Waals surface area contributed by atoms with Gasteiger partial charge in [0.2, 0.25) is 0 Å². The molecule has 4 rings (SSSR count). The summed E-state index contributed by atoms with van der Waals surface area (Å²) in [5.74, 6) is -0.396. The van der Waals surface area contributed by atoms with Crippen molar-refractivity contribution in [2.24, 2.45) is 5.10 Å². The van der Waals surface area contributed by atoms with Gasteiger partial charge in [-0.25, -0.2) is 5.01 Å². The molecule has 3 aromatic rings. The maximum absolute atomic E-state index is 13.0. The van der Waals surface area contributed by atoms with Crippen LogP contribution in [0, 0.1) is 10.1 Å². The Kier molecular flexibility index (Phi) is 4.88. The molecule has 10 heteroatoms. The molecule has 1 aliphatic heterocycles. The molecule has 4 heterocycles. The highest BCUT2D eigenvalue weighted by Gasteiger charge is 2.34. The number of pyridine rings is 1. The molecule has 0 saturated carbocycles. The van der Waals surface area contributed by atoms with Crippen molar-refractivity contribution in [1.29, 1.82) is 0 Å². The van der Waals surface area contributed by atoms with Gasteiger partial charge in [-0.3, -0.25) is 24.3 Å². The van der Waals surface area contributed by atoms with E-state index in [0.717, 1.165) is 38.4 Å². The maximum Gasteiger partial charge on any atom is 0.285 e. The van der Waals surface area contributed by atoms with E-state index in [1.807, 2.05) is 35.0 Å². The van der Waals surface area contributed by atoms with E-state index in [1.54, 1.807) is 11.3 Å². The van der Waals surface area contributed by atoms with Crippen LogP contribution in [0.4, 0.5) is 5.69 Å². The fraction of sp³-hybridized carbons (Fsp3) is 0.167. The summed E-state index contributed by atoms with van der Waals surface area (Å²) in [5, 5.41) is 20.8. The molecule has 1 aliphatic rings. The minimum absolute atomic E-state index is 0.244. The first-order valence-corrected chi connectivity index (χ1v) is 10.1. The SMILES string of the molecule is O=C(Cn1cc([N+](=O)[O-])ccc1=O)N1N=C(c2cccs2)CC1c1cccs1. The Morgan fingerprint density at radius 2 is 2.00 bits per heavy atom. The zero-order chi connectivity index (χ0) is 19.7. The molecule has 0 aliphatic carbocycles. The summed E-state index contributed by atoms with van der Waals surface area (Å²) in [7, 11) is 0. The lowest BCUT2D eigenvalue weighted by Gasteiger charge is -2.21. The van der Waals surface area contributed by atoms with Crippen molar-refractivity contribution in [2.75, 3.05) is 0 Å². The Labute approximate surface area is 167 Å². The van der Waals surface area contributed by atoms with Crippen LogP contribution < -0.4 is 5.56 Å². The minimum Gasteiger partial charge on any atom is -0.299 e. The number of rotatable bonds is 5. The number of hydrogen-bond donors (Lipinski definition) is 0. The van der Waals surface area contributed by atoms with E-state index in [-0.39, 0.29) is 18.3 Å². The van der Waals surface area contributed by atoms with E-state index < -0.39 is 16.4 Å². The molecule has 0 spiro atoms. The van der Waals surface area contributed by atoms with Gasteiger partial charge < -0.3 is 0 Å². The quantitative estimate of drug-likeness (QED) is 0.473. The second-order valence-electron chi connectivity index (χ2n) is 6.11. The normalized spacial score (nSPS) is 16.2. The smallest absolute Gasteiger partial charge is 0.285 e. The minimum atomic E-state index is -0.599. The lowest BCUT2D eigenvalue weighted by Crippen LogP contribution is -2.33. The van der Waals surface area contributed by atoms with Gasteiger partial charge in [0.05, 0.1) is 27.8 Å². The summed E-state index contributed by atoms with van der Waals surface area (Å²) in [6.07, 6.45) is 1.66. The fourth-order valence-corrected chi connectivity index (χ4v) is 4.54. The highest BCUT2D eigenvalue weighted by molar-refractivity contribution is 7.12. The highest BCUT2D eigenvalue weighted by atomic mass is 32.1. The van der Waals surface area contributed by atoms with E-state index in [0.29, 0.717) is 6.42 Å². The Morgan fingerprint density at radius 1 is 1.21 bits per heavy atom. The third-order valence-corrected chi connectivity index (χ3v) is 6.22. The van der Waals surface area contributed by atoms with Gasteiger partial charge in [-0.2, -0.15) is 5.10 Å². The molecule has 0 saturated heterocycles. The van der Waals surface area contributed by atoms with Crippen LogP contribution in [0.3, 0.4) is 0 Å². The number of hydrogen-bond acceptors (Lipinski definition) is 7. The second-order valence-corrected chi connectivity index (χ2v) is 8.04. The third kappa shape index (κ3) is 3.51. The van der Waals surface area contributed by atoms with Gasteiger partial charge in [-0.05, 0) is 22.9 Å². The fourth-order valence-electron chi connectivity index (χ4n) is 3.00. The van der Waals surface area contributed by atoms with E-state index in [2.05, 4.69) is 5.10 Å². The van der Waals surface area contributed by atoms with Crippen molar-refractivity contribution in [1.82, 2.24) is 9.58 Å². The van der Waals surface area contributed by atoms with Crippen LogP contribution in [-0.4, -0.2) is 26.1 Å². The molecule has 1 unspecified atom stereocenters. The van der Waals surface area contributed by atoms with Gasteiger partial charge in [0.25, 0.3) is 17.2 Å². The number of amides is 1. The molecular formula is C18H14N4O4S2. The maximum atomic E-state index is 13.0. The van der Waals surface area contributed by atoms with Crippen LogP contribution in [0.5, 0.6) is 0 Å². The van der Waals surface area contributed by atoms with E-state index >= 15 is 0 Å². The lowest BCUT2D eigenvalue weighted by molar-refractivity contribution is -0.385. The monoisotopic (exact) mass is 414 g/mol.